The number of fused-ring (bicyclic) bond motifs is 1. The Bertz CT molecular complexity index is 1150. The first-order valence-corrected chi connectivity index (χ1v) is 9.97. The number of methoxy groups -OCH3 is 1. The number of anilines is 1. The molecule has 1 spiro atoms. The van der Waals surface area contributed by atoms with Crippen LogP contribution in [0.4, 0.5) is 14.5 Å². The van der Waals surface area contributed by atoms with Gasteiger partial charge >= 0.3 is 5.97 Å². The maximum atomic E-state index is 15.3. The molecule has 7 nitrogen and oxygen atoms in total. The van der Waals surface area contributed by atoms with E-state index in [1.54, 1.807) is 0 Å². The van der Waals surface area contributed by atoms with Crippen LogP contribution in [0.3, 0.4) is 0 Å². The molecule has 2 aromatic rings. The number of nitrogens with two attached hydrogens (primary N) is 1. The Balaban J connectivity index is 1.78. The highest BCUT2D eigenvalue weighted by Crippen LogP contribution is 2.59. The summed E-state index contributed by atoms with van der Waals surface area (Å²) in [5, 5.41) is 9.27. The second-order valence-corrected chi connectivity index (χ2v) is 9.09. The van der Waals surface area contributed by atoms with Crippen molar-refractivity contribution in [3.8, 4) is 5.75 Å². The van der Waals surface area contributed by atoms with Crippen molar-refractivity contribution >= 4 is 22.6 Å². The molecule has 2 saturated carbocycles. The Morgan fingerprint density at radius 1 is 1.37 bits per heavy atom. The quantitative estimate of drug-likeness (QED) is 0.790. The Morgan fingerprint density at radius 3 is 2.53 bits per heavy atom. The molecule has 2 aliphatic carbocycles. The molecule has 1 aliphatic heterocycles. The lowest BCUT2D eigenvalue weighted by Crippen LogP contribution is -2.45. The van der Waals surface area contributed by atoms with Crippen molar-refractivity contribution in [2.45, 2.75) is 43.9 Å². The highest BCUT2D eigenvalue weighted by molar-refractivity contribution is 5.97. The van der Waals surface area contributed by atoms with E-state index in [4.69, 9.17) is 10.5 Å². The van der Waals surface area contributed by atoms with Crippen molar-refractivity contribution in [2.24, 2.45) is 11.1 Å². The van der Waals surface area contributed by atoms with Crippen LogP contribution in [0.2, 0.25) is 0 Å². The second kappa shape index (κ2) is 5.94. The molecule has 3 fully saturated rings. The van der Waals surface area contributed by atoms with Gasteiger partial charge in [-0.05, 0) is 25.8 Å². The Kier molecular flexibility index (Phi) is 3.82. The highest BCUT2D eigenvalue weighted by Gasteiger charge is 2.61. The number of ether oxygens (including phenoxy) is 1. The van der Waals surface area contributed by atoms with E-state index in [0.29, 0.717) is 13.1 Å². The molecule has 3 N–H and O–H groups in total. The molecule has 1 aromatic heterocycles. The monoisotopic (exact) mass is 419 g/mol. The van der Waals surface area contributed by atoms with E-state index < -0.39 is 40.5 Å². The topological polar surface area (TPSA) is 97.8 Å². The number of hydrogen-bond donors (Lipinski definition) is 2. The Morgan fingerprint density at radius 2 is 2.03 bits per heavy atom. The van der Waals surface area contributed by atoms with Crippen molar-refractivity contribution in [2.75, 3.05) is 25.1 Å². The number of benzene rings is 1. The molecule has 9 heteroatoms. The SMILES string of the molecule is COc1c(N2CC(C)(N)C3(CC3)C2)c(F)cc2c(=O)c(C(=O)O)cn([C@@H]3C[C@H]3F)c12. The third kappa shape index (κ3) is 2.50. The molecule has 2 heterocycles. The molecule has 0 bridgehead atoms. The van der Waals surface area contributed by atoms with Gasteiger partial charge in [0.1, 0.15) is 17.4 Å². The number of hydrogen-bond acceptors (Lipinski definition) is 5. The van der Waals surface area contributed by atoms with Gasteiger partial charge in [-0.15, -0.1) is 0 Å². The van der Waals surface area contributed by atoms with Crippen LogP contribution in [0.5, 0.6) is 5.75 Å². The van der Waals surface area contributed by atoms with E-state index in [-0.39, 0.29) is 34.2 Å². The summed E-state index contributed by atoms with van der Waals surface area (Å²) in [6.45, 7) is 2.93. The van der Waals surface area contributed by atoms with E-state index >= 15 is 4.39 Å². The molecule has 0 radical (unpaired) electrons. The number of alkyl halides is 1. The predicted octanol–water partition coefficient (Wildman–Crippen LogP) is 2.45. The molecule has 30 heavy (non-hydrogen) atoms. The van der Waals surface area contributed by atoms with Gasteiger partial charge in [-0.2, -0.15) is 0 Å². The van der Waals surface area contributed by atoms with Crippen LogP contribution < -0.4 is 20.8 Å². The van der Waals surface area contributed by atoms with Gasteiger partial charge in [0.25, 0.3) is 0 Å². The van der Waals surface area contributed by atoms with Gasteiger partial charge in [-0.1, -0.05) is 0 Å². The molecular formula is C21H23F2N3O4. The third-order valence-electron chi connectivity index (χ3n) is 7.07. The smallest absolute Gasteiger partial charge is 0.341 e. The van der Waals surface area contributed by atoms with Gasteiger partial charge < -0.3 is 25.0 Å². The lowest BCUT2D eigenvalue weighted by Gasteiger charge is -2.26. The summed E-state index contributed by atoms with van der Waals surface area (Å²) in [7, 11) is 1.36. The summed E-state index contributed by atoms with van der Waals surface area (Å²) >= 11 is 0. The summed E-state index contributed by atoms with van der Waals surface area (Å²) < 4.78 is 36.3. The summed E-state index contributed by atoms with van der Waals surface area (Å²) in [5.74, 6) is -2.03. The van der Waals surface area contributed by atoms with E-state index in [1.165, 1.54) is 11.7 Å². The van der Waals surface area contributed by atoms with E-state index in [9.17, 15) is 19.1 Å². The summed E-state index contributed by atoms with van der Waals surface area (Å²) in [6.07, 6.45) is 2.10. The van der Waals surface area contributed by atoms with Gasteiger partial charge in [-0.3, -0.25) is 4.79 Å². The molecule has 0 amide bonds. The average Bonchev–Trinajstić information content (AvgIpc) is 3.57. The number of carboxylic acid groups (broad SMARTS) is 1. The van der Waals surface area contributed by atoms with E-state index in [1.807, 2.05) is 11.8 Å². The molecule has 5 rings (SSSR count). The number of carbonyl (C=O) groups is 1. The van der Waals surface area contributed by atoms with Crippen LogP contribution in [-0.2, 0) is 0 Å². The maximum Gasteiger partial charge on any atom is 0.341 e. The average molecular weight is 419 g/mol. The Hall–Kier alpha value is -2.68. The standard InChI is InChI=1S/C21H23F2N3O4/c1-20(24)8-25(9-21(20)3-4-21)16-13(23)5-10-15(18(16)30-2)26(14-6-12(14)22)7-11(17(10)27)19(28)29/h5,7,12,14H,3-4,6,8-9,24H2,1-2H3,(H,28,29)/t12-,14-,20?/m1/s1. The van der Waals surface area contributed by atoms with Crippen LogP contribution in [0.25, 0.3) is 10.9 Å². The van der Waals surface area contributed by atoms with Crippen LogP contribution in [0.15, 0.2) is 17.1 Å². The molecule has 1 unspecified atom stereocenters. The molecular weight excluding hydrogens is 396 g/mol. The van der Waals surface area contributed by atoms with Crippen molar-refractivity contribution in [1.82, 2.24) is 4.57 Å². The summed E-state index contributed by atoms with van der Waals surface area (Å²) in [6, 6.07) is 0.423. The predicted molar refractivity (Wildman–Crippen MR) is 107 cm³/mol. The van der Waals surface area contributed by atoms with Gasteiger partial charge in [-0.25, -0.2) is 13.6 Å². The summed E-state index contributed by atoms with van der Waals surface area (Å²) in [5.41, 5.74) is 4.98. The molecule has 160 valence electrons. The minimum Gasteiger partial charge on any atom is -0.492 e. The largest absolute Gasteiger partial charge is 0.492 e. The number of aromatic nitrogens is 1. The van der Waals surface area contributed by atoms with Crippen LogP contribution >= 0.6 is 0 Å². The van der Waals surface area contributed by atoms with E-state index in [2.05, 4.69) is 0 Å². The number of rotatable bonds is 4. The lowest BCUT2D eigenvalue weighted by molar-refractivity contribution is 0.0694. The number of halogens is 2. The molecule has 1 saturated heterocycles. The van der Waals surface area contributed by atoms with E-state index in [0.717, 1.165) is 25.1 Å². The van der Waals surface area contributed by atoms with Crippen LogP contribution in [0.1, 0.15) is 42.6 Å². The zero-order valence-electron chi connectivity index (χ0n) is 16.7. The second-order valence-electron chi connectivity index (χ2n) is 9.09. The van der Waals surface area contributed by atoms with Gasteiger partial charge in [0.15, 0.2) is 11.6 Å². The zero-order valence-corrected chi connectivity index (χ0v) is 16.7. The Labute approximate surface area is 171 Å². The first-order chi connectivity index (χ1) is 14.1. The minimum atomic E-state index is -1.44. The fourth-order valence-electron chi connectivity index (χ4n) is 4.99. The summed E-state index contributed by atoms with van der Waals surface area (Å²) in [4.78, 5) is 26.2. The number of carboxylic acids is 1. The van der Waals surface area contributed by atoms with Crippen LogP contribution in [-0.4, -0.2) is 47.6 Å². The highest BCUT2D eigenvalue weighted by atomic mass is 19.1. The maximum absolute atomic E-state index is 15.3. The minimum absolute atomic E-state index is 0.0766. The number of nitrogens with zero attached hydrogens (tertiary/aromatic N) is 2. The zero-order chi connectivity index (χ0) is 21.6. The van der Waals surface area contributed by atoms with Gasteiger partial charge in [0.2, 0.25) is 5.43 Å². The number of pyridine rings is 1. The fraction of sp³-hybridized carbons (Fsp3) is 0.524. The molecule has 3 aliphatic rings. The lowest BCUT2D eigenvalue weighted by atomic mass is 9.87. The van der Waals surface area contributed by atoms with Crippen LogP contribution in [0, 0.1) is 11.2 Å². The number of aromatic carboxylic acids is 1. The van der Waals surface area contributed by atoms with Crippen molar-refractivity contribution in [3.05, 3.63) is 33.9 Å². The first kappa shape index (κ1) is 19.3. The van der Waals surface area contributed by atoms with Gasteiger partial charge in [0.05, 0.1) is 24.1 Å². The van der Waals surface area contributed by atoms with Crippen molar-refractivity contribution < 1.29 is 23.4 Å². The van der Waals surface area contributed by atoms with Gasteiger partial charge in [0, 0.05) is 36.7 Å². The first-order valence-electron chi connectivity index (χ1n) is 9.97. The fourth-order valence-corrected chi connectivity index (χ4v) is 4.99. The van der Waals surface area contributed by atoms with Crippen molar-refractivity contribution in [1.29, 1.82) is 0 Å². The normalized spacial score (nSPS) is 28.9. The van der Waals surface area contributed by atoms with Crippen molar-refractivity contribution in [3.63, 3.8) is 0 Å². The third-order valence-corrected chi connectivity index (χ3v) is 7.07. The molecule has 1 aromatic carbocycles. The molecule has 3 atom stereocenters.